The Morgan fingerprint density at radius 3 is 2.19 bits per heavy atom. The molecule has 0 aliphatic rings. The SMILES string of the molecule is COc1cc(C)c(C(C)C)nc1C(C)(C)C. The Hall–Kier alpha value is -1.05. The molecule has 0 aliphatic carbocycles. The van der Waals surface area contributed by atoms with E-state index in [4.69, 9.17) is 9.72 Å². The maximum atomic E-state index is 5.42. The number of hydrogen-bond donors (Lipinski definition) is 0. The van der Waals surface area contributed by atoms with E-state index in [9.17, 15) is 0 Å². The molecule has 0 unspecified atom stereocenters. The van der Waals surface area contributed by atoms with Crippen LogP contribution in [0.2, 0.25) is 0 Å². The highest BCUT2D eigenvalue weighted by atomic mass is 16.5. The topological polar surface area (TPSA) is 22.1 Å². The molecule has 0 N–H and O–H groups in total. The minimum Gasteiger partial charge on any atom is -0.495 e. The molecule has 1 rings (SSSR count). The molecule has 1 heterocycles. The summed E-state index contributed by atoms with van der Waals surface area (Å²) in [6.45, 7) is 12.9. The molecule has 1 aromatic rings. The van der Waals surface area contributed by atoms with E-state index in [-0.39, 0.29) is 5.41 Å². The Labute approximate surface area is 99.0 Å². The quantitative estimate of drug-likeness (QED) is 0.757. The van der Waals surface area contributed by atoms with Gasteiger partial charge in [-0.25, -0.2) is 0 Å². The van der Waals surface area contributed by atoms with E-state index < -0.39 is 0 Å². The summed E-state index contributed by atoms with van der Waals surface area (Å²) in [7, 11) is 1.71. The van der Waals surface area contributed by atoms with Crippen molar-refractivity contribution in [2.24, 2.45) is 0 Å². The summed E-state index contributed by atoms with van der Waals surface area (Å²) >= 11 is 0. The van der Waals surface area contributed by atoms with Gasteiger partial charge < -0.3 is 4.74 Å². The Morgan fingerprint density at radius 1 is 1.25 bits per heavy atom. The van der Waals surface area contributed by atoms with Gasteiger partial charge in [-0.1, -0.05) is 34.6 Å². The molecule has 0 spiro atoms. The van der Waals surface area contributed by atoms with Crippen molar-refractivity contribution in [3.8, 4) is 5.75 Å². The van der Waals surface area contributed by atoms with Crippen LogP contribution >= 0.6 is 0 Å². The number of pyridine rings is 1. The van der Waals surface area contributed by atoms with E-state index in [0.717, 1.165) is 11.4 Å². The fourth-order valence-electron chi connectivity index (χ4n) is 1.88. The van der Waals surface area contributed by atoms with Crippen LogP contribution in [0.3, 0.4) is 0 Å². The van der Waals surface area contributed by atoms with Crippen molar-refractivity contribution in [3.63, 3.8) is 0 Å². The third kappa shape index (κ3) is 2.55. The van der Waals surface area contributed by atoms with E-state index in [1.807, 2.05) is 0 Å². The Morgan fingerprint density at radius 2 is 1.81 bits per heavy atom. The largest absolute Gasteiger partial charge is 0.495 e. The van der Waals surface area contributed by atoms with Crippen molar-refractivity contribution >= 4 is 0 Å². The van der Waals surface area contributed by atoms with Crippen LogP contribution in [0.25, 0.3) is 0 Å². The summed E-state index contributed by atoms with van der Waals surface area (Å²) in [5.41, 5.74) is 3.44. The molecule has 0 saturated carbocycles. The lowest BCUT2D eigenvalue weighted by Gasteiger charge is -2.23. The van der Waals surface area contributed by atoms with Gasteiger partial charge in [0, 0.05) is 11.1 Å². The lowest BCUT2D eigenvalue weighted by Crippen LogP contribution is -2.17. The van der Waals surface area contributed by atoms with Crippen LogP contribution in [0.1, 0.15) is 57.5 Å². The van der Waals surface area contributed by atoms with Gasteiger partial charge in [-0.05, 0) is 24.5 Å². The van der Waals surface area contributed by atoms with Crippen LogP contribution in [0.4, 0.5) is 0 Å². The molecule has 0 radical (unpaired) electrons. The fraction of sp³-hybridized carbons (Fsp3) is 0.643. The molecule has 2 nitrogen and oxygen atoms in total. The molecule has 0 fully saturated rings. The minimum atomic E-state index is 0.0166. The zero-order valence-electron chi connectivity index (χ0n) is 11.5. The summed E-state index contributed by atoms with van der Waals surface area (Å²) in [5.74, 6) is 1.35. The average molecular weight is 221 g/mol. The van der Waals surface area contributed by atoms with Crippen molar-refractivity contribution in [1.29, 1.82) is 0 Å². The lowest BCUT2D eigenvalue weighted by atomic mass is 9.89. The maximum Gasteiger partial charge on any atom is 0.141 e. The van der Waals surface area contributed by atoms with Gasteiger partial charge in [-0.3, -0.25) is 4.98 Å². The molecule has 0 amide bonds. The summed E-state index contributed by atoms with van der Waals surface area (Å²) in [4.78, 5) is 4.79. The van der Waals surface area contributed by atoms with Crippen LogP contribution in [-0.4, -0.2) is 12.1 Å². The second kappa shape index (κ2) is 4.44. The van der Waals surface area contributed by atoms with Gasteiger partial charge in [-0.15, -0.1) is 0 Å². The summed E-state index contributed by atoms with van der Waals surface area (Å²) < 4.78 is 5.42. The van der Waals surface area contributed by atoms with E-state index in [0.29, 0.717) is 5.92 Å². The van der Waals surface area contributed by atoms with E-state index in [2.05, 4.69) is 47.6 Å². The molecule has 1 aromatic heterocycles. The molecular weight excluding hydrogens is 198 g/mol. The number of rotatable bonds is 2. The van der Waals surface area contributed by atoms with Crippen molar-refractivity contribution in [2.45, 2.75) is 52.9 Å². The molecular formula is C14H23NO. The van der Waals surface area contributed by atoms with Crippen molar-refractivity contribution < 1.29 is 4.74 Å². The first kappa shape index (κ1) is 13.0. The summed E-state index contributed by atoms with van der Waals surface area (Å²) in [6, 6.07) is 2.10. The first-order valence-corrected chi connectivity index (χ1v) is 5.83. The van der Waals surface area contributed by atoms with E-state index in [1.165, 1.54) is 11.3 Å². The van der Waals surface area contributed by atoms with Crippen LogP contribution in [0, 0.1) is 6.92 Å². The van der Waals surface area contributed by atoms with Crippen molar-refractivity contribution in [3.05, 3.63) is 23.0 Å². The van der Waals surface area contributed by atoms with Gasteiger partial charge in [0.15, 0.2) is 0 Å². The number of ether oxygens (including phenoxy) is 1. The lowest BCUT2D eigenvalue weighted by molar-refractivity contribution is 0.390. The summed E-state index contributed by atoms with van der Waals surface area (Å²) in [5, 5.41) is 0. The number of methoxy groups -OCH3 is 1. The second-order valence-electron chi connectivity index (χ2n) is 5.65. The Bertz CT molecular complexity index is 375. The molecule has 2 heteroatoms. The zero-order chi connectivity index (χ0) is 12.5. The molecule has 0 aromatic carbocycles. The Kier molecular flexibility index (Phi) is 3.61. The first-order chi connectivity index (χ1) is 7.27. The van der Waals surface area contributed by atoms with E-state index in [1.54, 1.807) is 7.11 Å². The molecule has 0 atom stereocenters. The predicted octanol–water partition coefficient (Wildman–Crippen LogP) is 3.82. The van der Waals surface area contributed by atoms with Gasteiger partial charge in [0.25, 0.3) is 0 Å². The third-order valence-electron chi connectivity index (χ3n) is 2.69. The van der Waals surface area contributed by atoms with Crippen LogP contribution < -0.4 is 4.74 Å². The fourth-order valence-corrected chi connectivity index (χ4v) is 1.88. The molecule has 0 bridgehead atoms. The van der Waals surface area contributed by atoms with Crippen molar-refractivity contribution in [1.82, 2.24) is 4.98 Å². The monoisotopic (exact) mass is 221 g/mol. The minimum absolute atomic E-state index is 0.0166. The second-order valence-corrected chi connectivity index (χ2v) is 5.65. The standard InChI is InChI=1S/C14H23NO/c1-9(2)12-10(3)8-11(16-7)13(15-12)14(4,5)6/h8-9H,1-7H3. The molecule has 0 saturated heterocycles. The van der Waals surface area contributed by atoms with E-state index >= 15 is 0 Å². The number of aromatic nitrogens is 1. The van der Waals surface area contributed by atoms with Crippen LogP contribution in [0.15, 0.2) is 6.07 Å². The van der Waals surface area contributed by atoms with Crippen LogP contribution in [-0.2, 0) is 5.41 Å². The molecule has 16 heavy (non-hydrogen) atoms. The number of nitrogens with zero attached hydrogens (tertiary/aromatic N) is 1. The maximum absolute atomic E-state index is 5.42. The highest BCUT2D eigenvalue weighted by Crippen LogP contribution is 2.32. The van der Waals surface area contributed by atoms with Gasteiger partial charge >= 0.3 is 0 Å². The summed E-state index contributed by atoms with van der Waals surface area (Å²) in [6.07, 6.45) is 0. The molecule has 0 aliphatic heterocycles. The van der Waals surface area contributed by atoms with Gasteiger partial charge in [-0.2, -0.15) is 0 Å². The number of hydrogen-bond acceptors (Lipinski definition) is 2. The smallest absolute Gasteiger partial charge is 0.141 e. The molecule has 90 valence electrons. The predicted molar refractivity (Wildman–Crippen MR) is 68.3 cm³/mol. The van der Waals surface area contributed by atoms with Crippen molar-refractivity contribution in [2.75, 3.05) is 7.11 Å². The first-order valence-electron chi connectivity index (χ1n) is 5.83. The van der Waals surface area contributed by atoms with Gasteiger partial charge in [0.2, 0.25) is 0 Å². The number of aryl methyl sites for hydroxylation is 1. The highest BCUT2D eigenvalue weighted by molar-refractivity contribution is 5.39. The normalized spacial score (nSPS) is 12.0. The third-order valence-corrected chi connectivity index (χ3v) is 2.69. The van der Waals surface area contributed by atoms with Gasteiger partial charge in [0.05, 0.1) is 12.8 Å². The Balaban J connectivity index is 3.41. The van der Waals surface area contributed by atoms with Gasteiger partial charge in [0.1, 0.15) is 5.75 Å². The van der Waals surface area contributed by atoms with Crippen LogP contribution in [0.5, 0.6) is 5.75 Å². The zero-order valence-corrected chi connectivity index (χ0v) is 11.5. The highest BCUT2D eigenvalue weighted by Gasteiger charge is 2.22. The average Bonchev–Trinajstić information content (AvgIpc) is 2.14.